The molecule has 1 unspecified atom stereocenters. The average molecular weight is 641 g/mol. The van der Waals surface area contributed by atoms with Gasteiger partial charge in [0.2, 0.25) is 5.76 Å². The van der Waals surface area contributed by atoms with Crippen LogP contribution in [0.1, 0.15) is 60.3 Å². The van der Waals surface area contributed by atoms with Crippen LogP contribution in [0.25, 0.3) is 11.0 Å². The van der Waals surface area contributed by atoms with E-state index in [1.54, 1.807) is 30.2 Å². The van der Waals surface area contributed by atoms with Crippen molar-refractivity contribution in [2.45, 2.75) is 38.6 Å². The number of rotatable bonds is 9. The molecule has 1 aliphatic rings. The Balaban J connectivity index is 1.63. The molecule has 196 valence electrons. The van der Waals surface area contributed by atoms with Gasteiger partial charge in [-0.2, -0.15) is 0 Å². The van der Waals surface area contributed by atoms with Gasteiger partial charge in [-0.25, -0.2) is 0 Å². The number of ether oxygens (including phenoxy) is 2. The predicted molar refractivity (Wildman–Crippen MR) is 156 cm³/mol. The van der Waals surface area contributed by atoms with E-state index in [0.29, 0.717) is 45.9 Å². The summed E-state index contributed by atoms with van der Waals surface area (Å²) in [6.45, 7) is 2.77. The maximum Gasteiger partial charge on any atom is 0.295 e. The topological polar surface area (TPSA) is 69.0 Å². The third-order valence-electron chi connectivity index (χ3n) is 6.68. The van der Waals surface area contributed by atoms with Crippen LogP contribution in [0.15, 0.2) is 78.8 Å². The number of fused-ring (bicyclic) bond motifs is 2. The van der Waals surface area contributed by atoms with Crippen molar-refractivity contribution in [3.05, 3.63) is 96.7 Å². The van der Waals surface area contributed by atoms with E-state index in [1.807, 2.05) is 42.5 Å². The van der Waals surface area contributed by atoms with E-state index in [1.165, 1.54) is 6.42 Å². The Morgan fingerprint density at radius 3 is 2.50 bits per heavy atom. The van der Waals surface area contributed by atoms with Crippen LogP contribution in [0, 0.1) is 0 Å². The number of methoxy groups -OCH3 is 1. The van der Waals surface area contributed by atoms with Gasteiger partial charge in [0, 0.05) is 14.6 Å². The zero-order chi connectivity index (χ0) is 26.8. The smallest absolute Gasteiger partial charge is 0.295 e. The molecule has 3 aromatic carbocycles. The van der Waals surface area contributed by atoms with Gasteiger partial charge < -0.3 is 13.9 Å². The zero-order valence-electron chi connectivity index (χ0n) is 21.1. The van der Waals surface area contributed by atoms with Gasteiger partial charge in [-0.3, -0.25) is 14.5 Å². The summed E-state index contributed by atoms with van der Waals surface area (Å²) in [5.41, 5.74) is 1.78. The molecule has 8 heteroatoms. The lowest BCUT2D eigenvalue weighted by Gasteiger charge is -2.26. The van der Waals surface area contributed by atoms with Crippen LogP contribution in [-0.2, 0) is 0 Å². The number of hydrogen-bond donors (Lipinski definition) is 0. The first-order valence-corrected chi connectivity index (χ1v) is 14.2. The van der Waals surface area contributed by atoms with Gasteiger partial charge in [0.15, 0.2) is 16.9 Å². The molecule has 1 aliphatic heterocycles. The molecule has 2 heterocycles. The third-order valence-corrected chi connectivity index (χ3v) is 7.66. The highest BCUT2D eigenvalue weighted by Crippen LogP contribution is 2.43. The second kappa shape index (κ2) is 11.3. The minimum atomic E-state index is -0.709. The lowest BCUT2D eigenvalue weighted by molar-refractivity contribution is 0.0971. The van der Waals surface area contributed by atoms with Crippen LogP contribution in [0.4, 0.5) is 5.69 Å². The summed E-state index contributed by atoms with van der Waals surface area (Å²) in [6.07, 6.45) is 4.41. The first-order chi connectivity index (χ1) is 18.4. The molecule has 6 nitrogen and oxygen atoms in total. The Bertz CT molecular complexity index is 1560. The average Bonchev–Trinajstić information content (AvgIpc) is 3.21. The SMILES string of the molecule is CCCCCCOc1ccc(C2c3c(oc4ccc(Br)cc4c3=O)C(=O)N2c2cccc(Br)c2)cc1OC. The van der Waals surface area contributed by atoms with E-state index in [9.17, 15) is 9.59 Å². The molecule has 1 amide bonds. The fourth-order valence-corrected chi connectivity index (χ4v) is 5.59. The molecular weight excluding hydrogens is 614 g/mol. The highest BCUT2D eigenvalue weighted by molar-refractivity contribution is 9.10. The Kier molecular flexibility index (Phi) is 7.91. The molecule has 1 aromatic heterocycles. The molecule has 5 rings (SSSR count). The van der Waals surface area contributed by atoms with Gasteiger partial charge >= 0.3 is 0 Å². The molecule has 0 radical (unpaired) electrons. The molecule has 0 spiro atoms. The minimum Gasteiger partial charge on any atom is -0.493 e. The predicted octanol–water partition coefficient (Wildman–Crippen LogP) is 8.04. The first kappa shape index (κ1) is 26.5. The molecule has 0 saturated heterocycles. The fourth-order valence-electron chi connectivity index (χ4n) is 4.84. The lowest BCUT2D eigenvalue weighted by atomic mass is 9.97. The first-order valence-electron chi connectivity index (χ1n) is 12.6. The summed E-state index contributed by atoms with van der Waals surface area (Å²) < 4.78 is 19.3. The maximum absolute atomic E-state index is 13.9. The largest absolute Gasteiger partial charge is 0.493 e. The summed E-state index contributed by atoms with van der Waals surface area (Å²) in [7, 11) is 1.59. The minimum absolute atomic E-state index is 0.0463. The van der Waals surface area contributed by atoms with E-state index < -0.39 is 6.04 Å². The summed E-state index contributed by atoms with van der Waals surface area (Å²) in [4.78, 5) is 29.3. The van der Waals surface area contributed by atoms with Crippen LogP contribution in [0.2, 0.25) is 0 Å². The van der Waals surface area contributed by atoms with Crippen LogP contribution in [-0.4, -0.2) is 19.6 Å². The summed E-state index contributed by atoms with van der Waals surface area (Å²) in [6, 6.07) is 17.5. The van der Waals surface area contributed by atoms with Crippen molar-refractivity contribution in [1.82, 2.24) is 0 Å². The monoisotopic (exact) mass is 639 g/mol. The molecule has 0 saturated carbocycles. The van der Waals surface area contributed by atoms with Crippen LogP contribution < -0.4 is 19.8 Å². The van der Waals surface area contributed by atoms with Crippen molar-refractivity contribution in [3.63, 3.8) is 0 Å². The van der Waals surface area contributed by atoms with E-state index in [-0.39, 0.29) is 17.1 Å². The summed E-state index contributed by atoms with van der Waals surface area (Å²) in [5, 5.41) is 0.408. The van der Waals surface area contributed by atoms with Gasteiger partial charge in [-0.1, -0.05) is 70.2 Å². The normalized spacial score (nSPS) is 14.7. The molecule has 1 atom stereocenters. The Labute approximate surface area is 237 Å². The number of halogens is 2. The summed E-state index contributed by atoms with van der Waals surface area (Å²) >= 11 is 6.95. The standard InChI is InChI=1S/C30H27Br2NO5/c1-3-4-5-6-14-37-24-12-10-18(15-25(24)36-2)27-26-28(34)22-17-20(32)11-13-23(22)38-29(26)30(35)33(27)21-9-7-8-19(31)16-21/h7-13,15-17,27H,3-6,14H2,1-2H3. The van der Waals surface area contributed by atoms with Gasteiger partial charge in [-0.05, 0) is 60.5 Å². The van der Waals surface area contributed by atoms with Crippen molar-refractivity contribution < 1.29 is 18.7 Å². The van der Waals surface area contributed by atoms with Crippen LogP contribution >= 0.6 is 31.9 Å². The van der Waals surface area contributed by atoms with Crippen LogP contribution in [0.5, 0.6) is 11.5 Å². The van der Waals surface area contributed by atoms with Crippen molar-refractivity contribution >= 4 is 54.4 Å². The molecule has 38 heavy (non-hydrogen) atoms. The van der Waals surface area contributed by atoms with Gasteiger partial charge in [0.05, 0.1) is 30.7 Å². The number of carbonyl (C=O) groups excluding carboxylic acids is 1. The Morgan fingerprint density at radius 2 is 1.74 bits per heavy atom. The number of anilines is 1. The number of amides is 1. The lowest BCUT2D eigenvalue weighted by Crippen LogP contribution is -2.29. The third kappa shape index (κ3) is 4.99. The second-order valence-electron chi connectivity index (χ2n) is 9.19. The zero-order valence-corrected chi connectivity index (χ0v) is 24.3. The van der Waals surface area contributed by atoms with Crippen molar-refractivity contribution in [1.29, 1.82) is 0 Å². The van der Waals surface area contributed by atoms with Crippen molar-refractivity contribution in [3.8, 4) is 11.5 Å². The summed E-state index contributed by atoms with van der Waals surface area (Å²) in [5.74, 6) is 0.840. The quantitative estimate of drug-likeness (QED) is 0.173. The van der Waals surface area contributed by atoms with Gasteiger partial charge in [0.25, 0.3) is 5.91 Å². The van der Waals surface area contributed by atoms with E-state index >= 15 is 0 Å². The molecular formula is C30H27Br2NO5. The highest BCUT2D eigenvalue weighted by atomic mass is 79.9. The van der Waals surface area contributed by atoms with Gasteiger partial charge in [0.1, 0.15) is 5.58 Å². The van der Waals surface area contributed by atoms with Crippen molar-refractivity contribution in [2.24, 2.45) is 0 Å². The Morgan fingerprint density at radius 1 is 0.921 bits per heavy atom. The molecule has 0 N–H and O–H groups in total. The molecule has 4 aromatic rings. The maximum atomic E-state index is 13.9. The van der Waals surface area contributed by atoms with Gasteiger partial charge in [-0.15, -0.1) is 0 Å². The molecule has 0 aliphatic carbocycles. The van der Waals surface area contributed by atoms with E-state index in [0.717, 1.165) is 28.2 Å². The van der Waals surface area contributed by atoms with E-state index in [2.05, 4.69) is 38.8 Å². The fraction of sp³-hybridized carbons (Fsp3) is 0.267. The van der Waals surface area contributed by atoms with Crippen molar-refractivity contribution in [2.75, 3.05) is 18.6 Å². The second-order valence-corrected chi connectivity index (χ2v) is 11.0. The number of nitrogens with zero attached hydrogens (tertiary/aromatic N) is 1. The van der Waals surface area contributed by atoms with Crippen LogP contribution in [0.3, 0.4) is 0 Å². The molecule has 0 bridgehead atoms. The van der Waals surface area contributed by atoms with E-state index in [4.69, 9.17) is 13.9 Å². The molecule has 0 fully saturated rings. The number of carbonyl (C=O) groups is 1. The highest BCUT2D eigenvalue weighted by Gasteiger charge is 2.44. The number of unbranched alkanes of at least 4 members (excludes halogenated alkanes) is 3. The number of hydrogen-bond acceptors (Lipinski definition) is 5. The Hall–Kier alpha value is -3.10. The number of benzene rings is 3.